The number of anilines is 2. The summed E-state index contributed by atoms with van der Waals surface area (Å²) in [4.78, 5) is 13.7. The fourth-order valence-corrected chi connectivity index (χ4v) is 3.38. The molecular formula is C18H24BrN5. The lowest BCUT2D eigenvalue weighted by atomic mass is 10.1. The average Bonchev–Trinajstić information content (AvgIpc) is 2.61. The number of nitrogens with two attached hydrogens (primary N) is 1. The van der Waals surface area contributed by atoms with Gasteiger partial charge in [-0.25, -0.2) is 9.97 Å². The van der Waals surface area contributed by atoms with Gasteiger partial charge >= 0.3 is 0 Å². The molecule has 5 nitrogen and oxygen atoms in total. The number of hydrogen-bond acceptors (Lipinski definition) is 5. The Morgan fingerprint density at radius 2 is 1.79 bits per heavy atom. The molecule has 2 aromatic rings. The van der Waals surface area contributed by atoms with Crippen molar-refractivity contribution in [3.63, 3.8) is 0 Å². The quantitative estimate of drug-likeness (QED) is 0.869. The van der Waals surface area contributed by atoms with E-state index in [9.17, 15) is 0 Å². The third-order valence-corrected chi connectivity index (χ3v) is 5.16. The lowest BCUT2D eigenvalue weighted by Crippen LogP contribution is -2.47. The predicted molar refractivity (Wildman–Crippen MR) is 102 cm³/mol. The van der Waals surface area contributed by atoms with Crippen LogP contribution in [0.4, 0.5) is 11.6 Å². The number of aromatic nitrogens is 2. The molecule has 2 heterocycles. The topological polar surface area (TPSA) is 58.3 Å². The average molecular weight is 390 g/mol. The smallest absolute Gasteiger partial charge is 0.134 e. The van der Waals surface area contributed by atoms with E-state index in [1.54, 1.807) is 0 Å². The third kappa shape index (κ3) is 3.87. The molecule has 1 saturated heterocycles. The zero-order valence-corrected chi connectivity index (χ0v) is 15.8. The number of hydrogen-bond donors (Lipinski definition) is 1. The maximum absolute atomic E-state index is 5.91. The number of rotatable bonds is 4. The van der Waals surface area contributed by atoms with Crippen molar-refractivity contribution in [3.05, 3.63) is 46.2 Å². The Morgan fingerprint density at radius 3 is 2.42 bits per heavy atom. The van der Waals surface area contributed by atoms with Crippen LogP contribution in [0.25, 0.3) is 0 Å². The number of halogens is 1. The van der Waals surface area contributed by atoms with Gasteiger partial charge < -0.3 is 10.6 Å². The second-order valence-corrected chi connectivity index (χ2v) is 7.09. The molecule has 0 radical (unpaired) electrons. The number of benzene rings is 1. The fraction of sp³-hybridized carbons (Fsp3) is 0.444. The Labute approximate surface area is 152 Å². The molecule has 1 aliphatic heterocycles. The van der Waals surface area contributed by atoms with Crippen LogP contribution in [0, 0.1) is 0 Å². The van der Waals surface area contributed by atoms with Gasteiger partial charge in [0.1, 0.15) is 17.5 Å². The van der Waals surface area contributed by atoms with Crippen LogP contribution in [-0.4, -0.2) is 41.0 Å². The highest BCUT2D eigenvalue weighted by Gasteiger charge is 2.23. The summed E-state index contributed by atoms with van der Waals surface area (Å²) in [5.74, 6) is 2.33. The number of aryl methyl sites for hydroxylation is 1. The van der Waals surface area contributed by atoms with Crippen molar-refractivity contribution in [2.24, 2.45) is 0 Å². The Bertz CT molecular complexity index is 680. The summed E-state index contributed by atoms with van der Waals surface area (Å²) in [5, 5.41) is 0. The summed E-state index contributed by atoms with van der Waals surface area (Å²) in [7, 11) is 0. The first-order chi connectivity index (χ1) is 11.6. The van der Waals surface area contributed by atoms with Crippen molar-refractivity contribution in [2.45, 2.75) is 26.3 Å². The van der Waals surface area contributed by atoms with E-state index >= 15 is 0 Å². The van der Waals surface area contributed by atoms with Gasteiger partial charge in [-0.2, -0.15) is 0 Å². The molecule has 128 valence electrons. The first-order valence-corrected chi connectivity index (χ1v) is 9.24. The van der Waals surface area contributed by atoms with Gasteiger partial charge in [0, 0.05) is 49.2 Å². The second kappa shape index (κ2) is 7.49. The molecule has 1 fully saturated rings. The fourth-order valence-electron chi connectivity index (χ4n) is 3.11. The van der Waals surface area contributed by atoms with Gasteiger partial charge in [-0.15, -0.1) is 0 Å². The molecule has 0 amide bonds. The molecule has 1 atom stereocenters. The number of nitrogens with zero attached hydrogens (tertiary/aromatic N) is 4. The van der Waals surface area contributed by atoms with E-state index in [2.05, 4.69) is 73.8 Å². The minimum Gasteiger partial charge on any atom is -0.384 e. The zero-order chi connectivity index (χ0) is 17.1. The standard InChI is InChI=1S/C18H24BrN5/c1-3-17-21-16(20)12-18(22-17)24-10-8-23(9-11-24)13(2)14-4-6-15(19)7-5-14/h4-7,12-13H,3,8-11H2,1-2H3,(H2,20,21,22). The van der Waals surface area contributed by atoms with E-state index in [0.717, 1.165) is 48.7 Å². The van der Waals surface area contributed by atoms with E-state index in [-0.39, 0.29) is 0 Å². The molecule has 0 bridgehead atoms. The Hall–Kier alpha value is -1.66. The molecule has 0 spiro atoms. The minimum absolute atomic E-state index is 0.418. The minimum atomic E-state index is 0.418. The van der Waals surface area contributed by atoms with Crippen LogP contribution in [0.2, 0.25) is 0 Å². The van der Waals surface area contributed by atoms with Gasteiger partial charge in [0.05, 0.1) is 0 Å². The van der Waals surface area contributed by atoms with Crippen molar-refractivity contribution in [2.75, 3.05) is 36.8 Å². The summed E-state index contributed by atoms with van der Waals surface area (Å²) in [6.07, 6.45) is 0.804. The van der Waals surface area contributed by atoms with E-state index in [0.29, 0.717) is 11.9 Å². The first-order valence-electron chi connectivity index (χ1n) is 8.44. The van der Waals surface area contributed by atoms with Crippen molar-refractivity contribution in [1.82, 2.24) is 14.9 Å². The predicted octanol–water partition coefficient (Wildman–Crippen LogP) is 3.27. The van der Waals surface area contributed by atoms with Crippen LogP contribution >= 0.6 is 15.9 Å². The summed E-state index contributed by atoms with van der Waals surface area (Å²) < 4.78 is 1.12. The van der Waals surface area contributed by atoms with Gasteiger partial charge in [0.15, 0.2) is 0 Å². The molecule has 1 aliphatic rings. The third-order valence-electron chi connectivity index (χ3n) is 4.63. The monoisotopic (exact) mass is 389 g/mol. The van der Waals surface area contributed by atoms with Crippen LogP contribution in [0.1, 0.15) is 31.3 Å². The van der Waals surface area contributed by atoms with Crippen molar-refractivity contribution >= 4 is 27.6 Å². The maximum Gasteiger partial charge on any atom is 0.134 e. The normalized spacial score (nSPS) is 17.0. The lowest BCUT2D eigenvalue weighted by molar-refractivity contribution is 0.198. The van der Waals surface area contributed by atoms with Crippen LogP contribution in [-0.2, 0) is 6.42 Å². The molecule has 3 rings (SSSR count). The first kappa shape index (κ1) is 17.2. The van der Waals surface area contributed by atoms with Crippen LogP contribution in [0.3, 0.4) is 0 Å². The number of nitrogen functional groups attached to an aromatic ring is 1. The van der Waals surface area contributed by atoms with Crippen molar-refractivity contribution in [3.8, 4) is 0 Å². The largest absolute Gasteiger partial charge is 0.384 e. The molecule has 2 N–H and O–H groups in total. The molecule has 0 saturated carbocycles. The van der Waals surface area contributed by atoms with Crippen LogP contribution in [0.15, 0.2) is 34.8 Å². The zero-order valence-electron chi connectivity index (χ0n) is 14.2. The molecule has 0 aliphatic carbocycles. The van der Waals surface area contributed by atoms with Crippen LogP contribution < -0.4 is 10.6 Å². The maximum atomic E-state index is 5.91. The Balaban J connectivity index is 1.65. The van der Waals surface area contributed by atoms with Gasteiger partial charge in [-0.05, 0) is 24.6 Å². The highest BCUT2D eigenvalue weighted by molar-refractivity contribution is 9.10. The summed E-state index contributed by atoms with van der Waals surface area (Å²) in [6.45, 7) is 8.28. The molecule has 1 aromatic heterocycles. The van der Waals surface area contributed by atoms with E-state index in [1.807, 2.05) is 6.07 Å². The summed E-state index contributed by atoms with van der Waals surface area (Å²) in [6, 6.07) is 10.9. The second-order valence-electron chi connectivity index (χ2n) is 6.17. The highest BCUT2D eigenvalue weighted by Crippen LogP contribution is 2.25. The number of piperazine rings is 1. The molecule has 1 unspecified atom stereocenters. The van der Waals surface area contributed by atoms with Gasteiger partial charge in [0.25, 0.3) is 0 Å². The Morgan fingerprint density at radius 1 is 1.12 bits per heavy atom. The van der Waals surface area contributed by atoms with E-state index in [4.69, 9.17) is 5.73 Å². The van der Waals surface area contributed by atoms with E-state index < -0.39 is 0 Å². The van der Waals surface area contributed by atoms with Gasteiger partial charge in [-0.1, -0.05) is 35.0 Å². The molecule has 6 heteroatoms. The molecule has 1 aromatic carbocycles. The van der Waals surface area contributed by atoms with Gasteiger partial charge in [-0.3, -0.25) is 4.90 Å². The molecular weight excluding hydrogens is 366 g/mol. The van der Waals surface area contributed by atoms with Crippen molar-refractivity contribution < 1.29 is 0 Å². The SMILES string of the molecule is CCc1nc(N)cc(N2CCN(C(C)c3ccc(Br)cc3)CC2)n1. The van der Waals surface area contributed by atoms with Crippen molar-refractivity contribution in [1.29, 1.82) is 0 Å². The highest BCUT2D eigenvalue weighted by atomic mass is 79.9. The lowest BCUT2D eigenvalue weighted by Gasteiger charge is -2.38. The summed E-state index contributed by atoms with van der Waals surface area (Å²) >= 11 is 3.50. The van der Waals surface area contributed by atoms with E-state index in [1.165, 1.54) is 5.56 Å². The summed E-state index contributed by atoms with van der Waals surface area (Å²) in [5.41, 5.74) is 7.27. The molecule has 24 heavy (non-hydrogen) atoms. The van der Waals surface area contributed by atoms with Crippen LogP contribution in [0.5, 0.6) is 0 Å². The Kier molecular flexibility index (Phi) is 5.36. The van der Waals surface area contributed by atoms with Gasteiger partial charge in [0.2, 0.25) is 0 Å².